The lowest BCUT2D eigenvalue weighted by Crippen LogP contribution is -3.10. The molecule has 1 fully saturated rings. The number of rotatable bonds is 8. The Labute approximate surface area is 173 Å². The highest BCUT2D eigenvalue weighted by molar-refractivity contribution is 7.92. The predicted octanol–water partition coefficient (Wildman–Crippen LogP) is 1.62. The average Bonchev–Trinajstić information content (AvgIpc) is 3.25. The van der Waals surface area contributed by atoms with E-state index in [0.717, 1.165) is 18.5 Å². The van der Waals surface area contributed by atoms with E-state index in [-0.39, 0.29) is 10.8 Å². The summed E-state index contributed by atoms with van der Waals surface area (Å²) in [4.78, 5) is 14.2. The van der Waals surface area contributed by atoms with Crippen LogP contribution >= 0.6 is 0 Å². The minimum atomic E-state index is -3.75. The standard InChI is InChI=1S/C22H29N3O3S/c1-18-9-11-20(12-10-18)24(2)29(27,28)21-8-5-7-19(17-21)22(26)23-13-6-16-25-14-3-4-15-25/h5,7-12,17H,3-4,6,13-16H2,1-2H3,(H,23,26)/p+1. The van der Waals surface area contributed by atoms with E-state index in [1.54, 1.807) is 29.2 Å². The molecule has 156 valence electrons. The lowest BCUT2D eigenvalue weighted by atomic mass is 10.2. The molecule has 1 aliphatic heterocycles. The van der Waals surface area contributed by atoms with Gasteiger partial charge in [-0.15, -0.1) is 0 Å². The second kappa shape index (κ2) is 9.41. The lowest BCUT2D eigenvalue weighted by molar-refractivity contribution is -0.887. The third-order valence-electron chi connectivity index (χ3n) is 5.46. The Hall–Kier alpha value is -2.38. The zero-order valence-corrected chi connectivity index (χ0v) is 18.0. The van der Waals surface area contributed by atoms with Crippen molar-refractivity contribution in [2.75, 3.05) is 37.5 Å². The van der Waals surface area contributed by atoms with Crippen molar-refractivity contribution in [3.63, 3.8) is 0 Å². The van der Waals surface area contributed by atoms with Crippen LogP contribution in [0.1, 0.15) is 35.2 Å². The van der Waals surface area contributed by atoms with Crippen molar-refractivity contribution in [1.82, 2.24) is 5.32 Å². The Morgan fingerprint density at radius 1 is 1.10 bits per heavy atom. The molecule has 0 atom stereocenters. The van der Waals surface area contributed by atoms with Crippen molar-refractivity contribution in [1.29, 1.82) is 0 Å². The smallest absolute Gasteiger partial charge is 0.264 e. The molecule has 29 heavy (non-hydrogen) atoms. The number of aryl methyl sites for hydroxylation is 1. The van der Waals surface area contributed by atoms with E-state index in [1.165, 1.54) is 49.4 Å². The number of nitrogens with zero attached hydrogens (tertiary/aromatic N) is 1. The number of hydrogen-bond acceptors (Lipinski definition) is 3. The van der Waals surface area contributed by atoms with Crippen LogP contribution in [0.3, 0.4) is 0 Å². The van der Waals surface area contributed by atoms with Crippen LogP contribution < -0.4 is 14.5 Å². The van der Waals surface area contributed by atoms with Gasteiger partial charge in [0.05, 0.1) is 30.2 Å². The van der Waals surface area contributed by atoms with Crippen molar-refractivity contribution >= 4 is 21.6 Å². The molecule has 2 N–H and O–H groups in total. The Morgan fingerprint density at radius 2 is 1.79 bits per heavy atom. The minimum absolute atomic E-state index is 0.106. The van der Waals surface area contributed by atoms with E-state index in [0.29, 0.717) is 17.8 Å². The monoisotopic (exact) mass is 416 g/mol. The van der Waals surface area contributed by atoms with Crippen LogP contribution in [0.25, 0.3) is 0 Å². The highest BCUT2D eigenvalue weighted by Gasteiger charge is 2.22. The van der Waals surface area contributed by atoms with Crippen molar-refractivity contribution in [2.45, 2.75) is 31.1 Å². The molecule has 1 saturated heterocycles. The van der Waals surface area contributed by atoms with Gasteiger partial charge in [-0.3, -0.25) is 9.10 Å². The quantitative estimate of drug-likeness (QED) is 0.643. The molecule has 2 aromatic carbocycles. The fourth-order valence-electron chi connectivity index (χ4n) is 3.62. The van der Waals surface area contributed by atoms with Crippen LogP contribution in [-0.4, -0.2) is 47.6 Å². The molecule has 0 spiro atoms. The fraction of sp³-hybridized carbons (Fsp3) is 0.409. The molecular weight excluding hydrogens is 386 g/mol. The normalized spacial score (nSPS) is 14.7. The van der Waals surface area contributed by atoms with Crippen molar-refractivity contribution in [2.24, 2.45) is 0 Å². The number of carbonyl (C=O) groups excluding carboxylic acids is 1. The minimum Gasteiger partial charge on any atom is -0.352 e. The van der Waals surface area contributed by atoms with Crippen LogP contribution in [0.15, 0.2) is 53.4 Å². The second-order valence-corrected chi connectivity index (χ2v) is 9.62. The number of sulfonamides is 1. The van der Waals surface area contributed by atoms with Crippen LogP contribution in [0, 0.1) is 6.92 Å². The Kier molecular flexibility index (Phi) is 6.92. The number of carbonyl (C=O) groups is 1. The van der Waals surface area contributed by atoms with Crippen molar-refractivity contribution < 1.29 is 18.1 Å². The summed E-state index contributed by atoms with van der Waals surface area (Å²) in [5.74, 6) is -0.239. The number of likely N-dealkylation sites (tertiary alicyclic amines) is 1. The van der Waals surface area contributed by atoms with E-state index in [4.69, 9.17) is 0 Å². The van der Waals surface area contributed by atoms with E-state index in [1.807, 2.05) is 19.1 Å². The van der Waals surface area contributed by atoms with E-state index >= 15 is 0 Å². The predicted molar refractivity (Wildman–Crippen MR) is 115 cm³/mol. The molecule has 7 heteroatoms. The van der Waals surface area contributed by atoms with Gasteiger partial charge in [0, 0.05) is 38.4 Å². The molecule has 0 unspecified atom stereocenters. The van der Waals surface area contributed by atoms with Crippen molar-refractivity contribution in [3.05, 3.63) is 59.7 Å². The third kappa shape index (κ3) is 5.36. The number of hydrogen-bond donors (Lipinski definition) is 2. The lowest BCUT2D eigenvalue weighted by Gasteiger charge is -2.20. The van der Waals surface area contributed by atoms with Gasteiger partial charge in [-0.2, -0.15) is 0 Å². The molecule has 1 aliphatic rings. The molecule has 0 bridgehead atoms. The van der Waals surface area contributed by atoms with Gasteiger partial charge in [0.15, 0.2) is 0 Å². The summed E-state index contributed by atoms with van der Waals surface area (Å²) in [6.45, 7) is 6.07. The number of nitrogens with one attached hydrogen (secondary N) is 2. The first-order chi connectivity index (χ1) is 13.9. The topological polar surface area (TPSA) is 70.9 Å². The maximum Gasteiger partial charge on any atom is 0.264 e. The molecule has 1 amide bonds. The molecular formula is C22H30N3O3S+. The first-order valence-electron chi connectivity index (χ1n) is 10.2. The summed E-state index contributed by atoms with van der Waals surface area (Å²) in [7, 11) is -2.23. The summed E-state index contributed by atoms with van der Waals surface area (Å²) >= 11 is 0. The van der Waals surface area contributed by atoms with Crippen LogP contribution in [-0.2, 0) is 10.0 Å². The summed E-state index contributed by atoms with van der Waals surface area (Å²) < 4.78 is 27.2. The molecule has 3 rings (SSSR count). The Balaban J connectivity index is 1.64. The van der Waals surface area contributed by atoms with Crippen molar-refractivity contribution in [3.8, 4) is 0 Å². The summed E-state index contributed by atoms with van der Waals surface area (Å²) in [5, 5.41) is 2.91. The number of benzene rings is 2. The van der Waals surface area contributed by atoms with Gasteiger partial charge in [-0.05, 0) is 37.3 Å². The van der Waals surface area contributed by atoms with Gasteiger partial charge in [-0.1, -0.05) is 23.8 Å². The maximum absolute atomic E-state index is 13.0. The first-order valence-corrected chi connectivity index (χ1v) is 11.6. The van der Waals surface area contributed by atoms with Gasteiger partial charge in [0.25, 0.3) is 15.9 Å². The molecule has 2 aromatic rings. The number of anilines is 1. The third-order valence-corrected chi connectivity index (χ3v) is 7.24. The number of amides is 1. The summed E-state index contributed by atoms with van der Waals surface area (Å²) in [6.07, 6.45) is 3.51. The summed E-state index contributed by atoms with van der Waals surface area (Å²) in [5.41, 5.74) is 2.00. The largest absolute Gasteiger partial charge is 0.352 e. The van der Waals surface area contributed by atoms with E-state index in [2.05, 4.69) is 5.32 Å². The Bertz CT molecular complexity index is 936. The van der Waals surface area contributed by atoms with E-state index in [9.17, 15) is 13.2 Å². The fourth-order valence-corrected chi connectivity index (χ4v) is 4.86. The zero-order chi connectivity index (χ0) is 20.9. The SMILES string of the molecule is Cc1ccc(N(C)S(=O)(=O)c2cccc(C(=O)NCCC[NH+]3CCCC3)c2)cc1. The second-order valence-electron chi connectivity index (χ2n) is 7.65. The van der Waals surface area contributed by atoms with Gasteiger partial charge in [0.1, 0.15) is 0 Å². The molecule has 6 nitrogen and oxygen atoms in total. The first kappa shape index (κ1) is 21.3. The van der Waals surface area contributed by atoms with Gasteiger partial charge in [-0.25, -0.2) is 8.42 Å². The van der Waals surface area contributed by atoms with Gasteiger partial charge in [0.2, 0.25) is 0 Å². The number of quaternary nitrogens is 1. The molecule has 0 aliphatic carbocycles. The molecule has 0 saturated carbocycles. The van der Waals surface area contributed by atoms with Crippen LogP contribution in [0.5, 0.6) is 0 Å². The Morgan fingerprint density at radius 3 is 2.48 bits per heavy atom. The molecule has 0 radical (unpaired) electrons. The molecule has 1 heterocycles. The van der Waals surface area contributed by atoms with Crippen LogP contribution in [0.2, 0.25) is 0 Å². The van der Waals surface area contributed by atoms with Crippen LogP contribution in [0.4, 0.5) is 5.69 Å². The van der Waals surface area contributed by atoms with Gasteiger partial charge >= 0.3 is 0 Å². The van der Waals surface area contributed by atoms with E-state index < -0.39 is 10.0 Å². The maximum atomic E-state index is 13.0. The highest BCUT2D eigenvalue weighted by Crippen LogP contribution is 2.23. The highest BCUT2D eigenvalue weighted by atomic mass is 32.2. The average molecular weight is 417 g/mol. The summed E-state index contributed by atoms with van der Waals surface area (Å²) in [6, 6.07) is 13.5. The molecule has 0 aromatic heterocycles. The zero-order valence-electron chi connectivity index (χ0n) is 17.1. The van der Waals surface area contributed by atoms with Gasteiger partial charge < -0.3 is 10.2 Å².